The summed E-state index contributed by atoms with van der Waals surface area (Å²) in [7, 11) is 3.17. The topological polar surface area (TPSA) is 95.4 Å². The van der Waals surface area contributed by atoms with Crippen molar-refractivity contribution in [3.05, 3.63) is 30.3 Å². The van der Waals surface area contributed by atoms with Gasteiger partial charge in [0, 0.05) is 11.8 Å². The molecule has 0 bridgehead atoms. The number of hydrogen-bond acceptors (Lipinski definition) is 6. The first-order valence-electron chi connectivity index (χ1n) is 5.65. The number of nitrogens with two attached hydrogens (primary N) is 2. The van der Waals surface area contributed by atoms with Crippen LogP contribution in [0.5, 0.6) is 11.5 Å². The van der Waals surface area contributed by atoms with Crippen LogP contribution in [0.3, 0.4) is 0 Å². The average molecular weight is 260 g/mol. The minimum absolute atomic E-state index is 0.297. The zero-order valence-electron chi connectivity index (χ0n) is 10.8. The van der Waals surface area contributed by atoms with E-state index in [1.165, 1.54) is 0 Å². The molecule has 5 N–H and O–H groups in total. The largest absolute Gasteiger partial charge is 0.493 e. The number of nitrogens with zero attached hydrogens (tertiary/aromatic N) is 1. The van der Waals surface area contributed by atoms with Crippen molar-refractivity contribution in [3.63, 3.8) is 0 Å². The number of aromatic nitrogens is 1. The van der Waals surface area contributed by atoms with Gasteiger partial charge in [-0.15, -0.1) is 0 Å². The first-order valence-corrected chi connectivity index (χ1v) is 5.65. The Labute approximate surface area is 111 Å². The quantitative estimate of drug-likeness (QED) is 0.778. The fraction of sp³-hybridized carbons (Fsp3) is 0.154. The van der Waals surface area contributed by atoms with Crippen LogP contribution in [-0.4, -0.2) is 19.2 Å². The third kappa shape index (κ3) is 2.79. The second-order valence-corrected chi connectivity index (χ2v) is 3.87. The maximum Gasteiger partial charge on any atom is 0.162 e. The summed E-state index contributed by atoms with van der Waals surface area (Å²) in [5.41, 5.74) is 12.5. The first-order chi connectivity index (χ1) is 9.13. The number of rotatable bonds is 4. The Kier molecular flexibility index (Phi) is 3.61. The minimum atomic E-state index is 0.297. The van der Waals surface area contributed by atoms with E-state index in [-0.39, 0.29) is 0 Å². The van der Waals surface area contributed by atoms with E-state index >= 15 is 0 Å². The van der Waals surface area contributed by atoms with Crippen molar-refractivity contribution < 1.29 is 9.47 Å². The molecule has 0 saturated heterocycles. The fourth-order valence-electron chi connectivity index (χ4n) is 1.62. The number of nitrogens with one attached hydrogen (secondary N) is 1. The van der Waals surface area contributed by atoms with Gasteiger partial charge in [0.1, 0.15) is 11.6 Å². The lowest BCUT2D eigenvalue weighted by atomic mass is 10.2. The Balaban J connectivity index is 2.25. The zero-order valence-corrected chi connectivity index (χ0v) is 10.8. The molecular formula is C13H16N4O2. The molecule has 6 heteroatoms. The molecule has 0 radical (unpaired) electrons. The van der Waals surface area contributed by atoms with Gasteiger partial charge in [0.05, 0.1) is 19.9 Å². The summed E-state index contributed by atoms with van der Waals surface area (Å²) in [4.78, 5) is 4.14. The van der Waals surface area contributed by atoms with Crippen molar-refractivity contribution >= 4 is 23.0 Å². The summed E-state index contributed by atoms with van der Waals surface area (Å²) in [6.07, 6.45) is 0. The summed E-state index contributed by atoms with van der Waals surface area (Å²) >= 11 is 0. The average Bonchev–Trinajstić information content (AvgIpc) is 2.43. The van der Waals surface area contributed by atoms with Crippen molar-refractivity contribution in [2.75, 3.05) is 31.0 Å². The maximum absolute atomic E-state index is 5.66. The van der Waals surface area contributed by atoms with Gasteiger partial charge in [0.25, 0.3) is 0 Å². The van der Waals surface area contributed by atoms with Crippen LogP contribution in [0.25, 0.3) is 0 Å². The van der Waals surface area contributed by atoms with Gasteiger partial charge in [-0.25, -0.2) is 4.98 Å². The van der Waals surface area contributed by atoms with E-state index in [9.17, 15) is 0 Å². The Morgan fingerprint density at radius 1 is 1.00 bits per heavy atom. The summed E-state index contributed by atoms with van der Waals surface area (Å²) in [5, 5.41) is 3.12. The van der Waals surface area contributed by atoms with Gasteiger partial charge in [-0.1, -0.05) is 0 Å². The van der Waals surface area contributed by atoms with Gasteiger partial charge in [0.2, 0.25) is 0 Å². The lowest BCUT2D eigenvalue weighted by molar-refractivity contribution is 0.355. The minimum Gasteiger partial charge on any atom is -0.493 e. The molecule has 0 unspecified atom stereocenters. The Morgan fingerprint density at radius 2 is 1.74 bits per heavy atom. The number of nitrogen functional groups attached to an aromatic ring is 2. The number of pyridine rings is 1. The van der Waals surface area contributed by atoms with Gasteiger partial charge < -0.3 is 26.3 Å². The molecule has 6 nitrogen and oxygen atoms in total. The Bertz CT molecular complexity index is 587. The van der Waals surface area contributed by atoms with E-state index < -0.39 is 0 Å². The van der Waals surface area contributed by atoms with E-state index in [1.807, 2.05) is 18.2 Å². The normalized spacial score (nSPS) is 10.0. The molecule has 0 amide bonds. The Hall–Kier alpha value is -2.63. The molecule has 0 aliphatic heterocycles. The molecule has 2 rings (SSSR count). The third-order valence-electron chi connectivity index (χ3n) is 2.61. The zero-order chi connectivity index (χ0) is 13.8. The van der Waals surface area contributed by atoms with Crippen LogP contribution in [0.2, 0.25) is 0 Å². The highest BCUT2D eigenvalue weighted by atomic mass is 16.5. The number of anilines is 4. The molecule has 1 aromatic heterocycles. The second kappa shape index (κ2) is 5.34. The molecule has 2 aromatic rings. The highest BCUT2D eigenvalue weighted by Crippen LogP contribution is 2.31. The van der Waals surface area contributed by atoms with Gasteiger partial charge in [-0.3, -0.25) is 0 Å². The van der Waals surface area contributed by atoms with Crippen molar-refractivity contribution in [1.29, 1.82) is 0 Å². The molecule has 100 valence electrons. The molecule has 19 heavy (non-hydrogen) atoms. The van der Waals surface area contributed by atoms with Crippen molar-refractivity contribution in [2.24, 2.45) is 0 Å². The molecule has 0 atom stereocenters. The monoisotopic (exact) mass is 260 g/mol. The standard InChI is InChI=1S/C13H16N4O2/c1-18-10-5-3-8(7-11(10)19-2)16-12-6-4-9(14)13(15)17-12/h3-7H,14H2,1-2H3,(H3,15,16,17). The summed E-state index contributed by atoms with van der Waals surface area (Å²) < 4.78 is 10.4. The SMILES string of the molecule is COc1ccc(Nc2ccc(N)c(N)n2)cc1OC. The molecule has 0 saturated carbocycles. The molecule has 0 aliphatic rings. The van der Waals surface area contributed by atoms with E-state index in [1.54, 1.807) is 26.4 Å². The van der Waals surface area contributed by atoms with E-state index in [0.717, 1.165) is 5.69 Å². The van der Waals surface area contributed by atoms with Crippen LogP contribution < -0.4 is 26.3 Å². The van der Waals surface area contributed by atoms with E-state index in [0.29, 0.717) is 28.8 Å². The highest BCUT2D eigenvalue weighted by molar-refractivity contribution is 5.66. The summed E-state index contributed by atoms with van der Waals surface area (Å²) in [6, 6.07) is 8.93. The number of methoxy groups -OCH3 is 2. The molecule has 1 heterocycles. The fourth-order valence-corrected chi connectivity index (χ4v) is 1.62. The predicted octanol–water partition coefficient (Wildman–Crippen LogP) is 2.01. The van der Waals surface area contributed by atoms with Crippen molar-refractivity contribution in [3.8, 4) is 11.5 Å². The number of ether oxygens (including phenoxy) is 2. The highest BCUT2D eigenvalue weighted by Gasteiger charge is 2.05. The van der Waals surface area contributed by atoms with Crippen molar-refractivity contribution in [1.82, 2.24) is 4.98 Å². The van der Waals surface area contributed by atoms with Gasteiger partial charge in [0.15, 0.2) is 11.5 Å². The van der Waals surface area contributed by atoms with E-state index in [4.69, 9.17) is 20.9 Å². The van der Waals surface area contributed by atoms with Crippen LogP contribution in [0, 0.1) is 0 Å². The number of benzene rings is 1. The lowest BCUT2D eigenvalue weighted by Crippen LogP contribution is -2.01. The molecule has 0 fully saturated rings. The Morgan fingerprint density at radius 3 is 2.37 bits per heavy atom. The third-order valence-corrected chi connectivity index (χ3v) is 2.61. The van der Waals surface area contributed by atoms with Gasteiger partial charge >= 0.3 is 0 Å². The molecule has 1 aromatic carbocycles. The lowest BCUT2D eigenvalue weighted by Gasteiger charge is -2.11. The van der Waals surface area contributed by atoms with Crippen LogP contribution in [0.1, 0.15) is 0 Å². The van der Waals surface area contributed by atoms with Crippen LogP contribution in [0.15, 0.2) is 30.3 Å². The maximum atomic E-state index is 5.66. The predicted molar refractivity (Wildman–Crippen MR) is 75.9 cm³/mol. The molecule has 0 spiro atoms. The van der Waals surface area contributed by atoms with Gasteiger partial charge in [-0.2, -0.15) is 0 Å². The van der Waals surface area contributed by atoms with Crippen LogP contribution >= 0.6 is 0 Å². The van der Waals surface area contributed by atoms with Gasteiger partial charge in [-0.05, 0) is 24.3 Å². The van der Waals surface area contributed by atoms with Crippen LogP contribution in [-0.2, 0) is 0 Å². The number of hydrogen-bond donors (Lipinski definition) is 3. The first kappa shape index (κ1) is 12.8. The summed E-state index contributed by atoms with van der Waals surface area (Å²) in [6.45, 7) is 0. The van der Waals surface area contributed by atoms with Crippen LogP contribution in [0.4, 0.5) is 23.0 Å². The van der Waals surface area contributed by atoms with E-state index in [2.05, 4.69) is 10.3 Å². The van der Waals surface area contributed by atoms with Crippen molar-refractivity contribution in [2.45, 2.75) is 0 Å². The smallest absolute Gasteiger partial charge is 0.162 e. The summed E-state index contributed by atoms with van der Waals surface area (Å²) in [5.74, 6) is 2.21. The molecular weight excluding hydrogens is 244 g/mol. The second-order valence-electron chi connectivity index (χ2n) is 3.87. The molecule has 0 aliphatic carbocycles.